The standard InChI is InChI=1S/C19H24N2O/c1-2-4-19-17(3-1)12-16(13-20-19)11-15-5-8-21(9-6-15)18-7-10-22-14-18/h1-4,12-13,15,18H,5-11,14H2. The van der Waals surface area contributed by atoms with E-state index in [1.807, 2.05) is 0 Å². The van der Waals surface area contributed by atoms with Gasteiger partial charge in [-0.1, -0.05) is 18.2 Å². The molecule has 4 rings (SSSR count). The van der Waals surface area contributed by atoms with E-state index in [1.165, 1.54) is 49.7 Å². The number of hydrogen-bond acceptors (Lipinski definition) is 3. The quantitative estimate of drug-likeness (QED) is 0.869. The Hall–Kier alpha value is -1.45. The summed E-state index contributed by atoms with van der Waals surface area (Å²) in [6.07, 6.45) is 7.08. The Kier molecular flexibility index (Phi) is 4.09. The summed E-state index contributed by atoms with van der Waals surface area (Å²) in [5.41, 5.74) is 2.49. The molecular formula is C19H24N2O. The minimum Gasteiger partial charge on any atom is -0.380 e. The first kappa shape index (κ1) is 14.2. The van der Waals surface area contributed by atoms with Crippen molar-refractivity contribution in [1.82, 2.24) is 9.88 Å². The van der Waals surface area contributed by atoms with Gasteiger partial charge in [0.1, 0.15) is 0 Å². The number of pyridine rings is 1. The Balaban J connectivity index is 1.37. The molecule has 3 heterocycles. The number of likely N-dealkylation sites (tertiary alicyclic amines) is 1. The Morgan fingerprint density at radius 2 is 2.00 bits per heavy atom. The summed E-state index contributed by atoms with van der Waals surface area (Å²) in [5.74, 6) is 0.807. The van der Waals surface area contributed by atoms with Crippen LogP contribution in [-0.2, 0) is 11.2 Å². The van der Waals surface area contributed by atoms with Crippen molar-refractivity contribution in [3.05, 3.63) is 42.1 Å². The topological polar surface area (TPSA) is 25.4 Å². The summed E-state index contributed by atoms with van der Waals surface area (Å²) in [7, 11) is 0. The molecule has 0 amide bonds. The fourth-order valence-electron chi connectivity index (χ4n) is 3.89. The van der Waals surface area contributed by atoms with E-state index in [-0.39, 0.29) is 0 Å². The maximum Gasteiger partial charge on any atom is 0.0702 e. The number of ether oxygens (including phenoxy) is 1. The molecule has 0 bridgehead atoms. The van der Waals surface area contributed by atoms with Crippen molar-refractivity contribution in [2.75, 3.05) is 26.3 Å². The molecule has 0 aliphatic carbocycles. The first-order valence-electron chi connectivity index (χ1n) is 8.54. The molecule has 0 saturated carbocycles. The molecule has 1 aromatic heterocycles. The fraction of sp³-hybridized carbons (Fsp3) is 0.526. The molecule has 2 aliphatic rings. The van der Waals surface area contributed by atoms with E-state index < -0.39 is 0 Å². The van der Waals surface area contributed by atoms with Gasteiger partial charge in [-0.3, -0.25) is 9.88 Å². The van der Waals surface area contributed by atoms with Crippen LogP contribution in [0.25, 0.3) is 10.9 Å². The minimum atomic E-state index is 0.684. The summed E-state index contributed by atoms with van der Waals surface area (Å²) in [5, 5.41) is 1.26. The van der Waals surface area contributed by atoms with Gasteiger partial charge in [-0.25, -0.2) is 0 Å². The van der Waals surface area contributed by atoms with E-state index in [9.17, 15) is 0 Å². The van der Waals surface area contributed by atoms with Gasteiger partial charge in [-0.2, -0.15) is 0 Å². The van der Waals surface area contributed by atoms with Gasteiger partial charge in [0, 0.05) is 24.2 Å². The average Bonchev–Trinajstić information content (AvgIpc) is 3.10. The molecule has 2 fully saturated rings. The van der Waals surface area contributed by atoms with Crippen molar-refractivity contribution in [3.63, 3.8) is 0 Å². The monoisotopic (exact) mass is 296 g/mol. The third-order valence-corrected chi connectivity index (χ3v) is 5.24. The van der Waals surface area contributed by atoms with E-state index in [0.29, 0.717) is 6.04 Å². The predicted molar refractivity (Wildman–Crippen MR) is 89.0 cm³/mol. The van der Waals surface area contributed by atoms with E-state index in [1.54, 1.807) is 0 Å². The van der Waals surface area contributed by atoms with Crippen LogP contribution in [0.5, 0.6) is 0 Å². The molecule has 0 radical (unpaired) electrons. The summed E-state index contributed by atoms with van der Waals surface area (Å²) in [4.78, 5) is 7.24. The van der Waals surface area contributed by atoms with Gasteiger partial charge in [0.15, 0.2) is 0 Å². The highest BCUT2D eigenvalue weighted by Gasteiger charge is 2.27. The van der Waals surface area contributed by atoms with Crippen molar-refractivity contribution in [2.45, 2.75) is 31.7 Å². The van der Waals surface area contributed by atoms with Gasteiger partial charge in [0.2, 0.25) is 0 Å². The molecule has 2 aliphatic heterocycles. The van der Waals surface area contributed by atoms with Crippen LogP contribution >= 0.6 is 0 Å². The van der Waals surface area contributed by atoms with Crippen LogP contribution in [0.4, 0.5) is 0 Å². The molecule has 1 atom stereocenters. The van der Waals surface area contributed by atoms with Gasteiger partial charge in [-0.05, 0) is 62.4 Å². The number of nitrogens with zero attached hydrogens (tertiary/aromatic N) is 2. The molecule has 22 heavy (non-hydrogen) atoms. The second-order valence-electron chi connectivity index (χ2n) is 6.74. The molecule has 1 unspecified atom stereocenters. The van der Waals surface area contributed by atoms with E-state index >= 15 is 0 Å². The number of piperidine rings is 1. The van der Waals surface area contributed by atoms with Crippen LogP contribution in [0.2, 0.25) is 0 Å². The van der Waals surface area contributed by atoms with Gasteiger partial charge < -0.3 is 4.74 Å². The predicted octanol–water partition coefficient (Wildman–Crippen LogP) is 3.28. The molecule has 2 saturated heterocycles. The lowest BCUT2D eigenvalue weighted by Crippen LogP contribution is -2.42. The Bertz CT molecular complexity index is 628. The van der Waals surface area contributed by atoms with Crippen molar-refractivity contribution in [2.24, 2.45) is 5.92 Å². The number of aromatic nitrogens is 1. The Labute approximate surface area is 132 Å². The van der Waals surface area contributed by atoms with Crippen LogP contribution in [-0.4, -0.2) is 42.2 Å². The second-order valence-corrected chi connectivity index (χ2v) is 6.74. The van der Waals surface area contributed by atoms with Gasteiger partial charge in [0.05, 0.1) is 12.1 Å². The average molecular weight is 296 g/mol. The van der Waals surface area contributed by atoms with Crippen LogP contribution in [0.15, 0.2) is 36.5 Å². The van der Waals surface area contributed by atoms with Gasteiger partial charge >= 0.3 is 0 Å². The highest BCUT2D eigenvalue weighted by atomic mass is 16.5. The van der Waals surface area contributed by atoms with Crippen LogP contribution in [0, 0.1) is 5.92 Å². The molecular weight excluding hydrogens is 272 g/mol. The summed E-state index contributed by atoms with van der Waals surface area (Å²) in [6, 6.07) is 11.4. The Morgan fingerprint density at radius 3 is 2.82 bits per heavy atom. The highest BCUT2D eigenvalue weighted by molar-refractivity contribution is 5.78. The molecule has 0 N–H and O–H groups in total. The summed E-state index contributed by atoms with van der Waals surface area (Å²) >= 11 is 0. The first-order valence-corrected chi connectivity index (χ1v) is 8.54. The van der Waals surface area contributed by atoms with Crippen molar-refractivity contribution in [3.8, 4) is 0 Å². The second kappa shape index (κ2) is 6.35. The number of rotatable bonds is 3. The smallest absolute Gasteiger partial charge is 0.0702 e. The van der Waals surface area contributed by atoms with E-state index in [0.717, 1.165) is 24.6 Å². The van der Waals surface area contributed by atoms with E-state index in [2.05, 4.69) is 46.4 Å². The lowest BCUT2D eigenvalue weighted by molar-refractivity contribution is 0.110. The minimum absolute atomic E-state index is 0.684. The molecule has 3 nitrogen and oxygen atoms in total. The fourth-order valence-corrected chi connectivity index (χ4v) is 3.89. The zero-order chi connectivity index (χ0) is 14.8. The van der Waals surface area contributed by atoms with Gasteiger partial charge in [-0.15, -0.1) is 0 Å². The van der Waals surface area contributed by atoms with Crippen molar-refractivity contribution >= 4 is 10.9 Å². The summed E-state index contributed by atoms with van der Waals surface area (Å²) < 4.78 is 5.52. The largest absolute Gasteiger partial charge is 0.380 e. The number of benzene rings is 1. The lowest BCUT2D eigenvalue weighted by atomic mass is 9.89. The SMILES string of the molecule is c1ccc2ncc(CC3CCN(C4CCOC4)CC3)cc2c1. The first-order chi connectivity index (χ1) is 10.9. The van der Waals surface area contributed by atoms with Crippen molar-refractivity contribution in [1.29, 1.82) is 0 Å². The molecule has 116 valence electrons. The number of para-hydroxylation sites is 1. The molecule has 0 spiro atoms. The lowest BCUT2D eigenvalue weighted by Gasteiger charge is -2.35. The Morgan fingerprint density at radius 1 is 1.14 bits per heavy atom. The maximum absolute atomic E-state index is 5.52. The van der Waals surface area contributed by atoms with E-state index in [4.69, 9.17) is 4.74 Å². The third kappa shape index (κ3) is 3.01. The van der Waals surface area contributed by atoms with Crippen molar-refractivity contribution < 1.29 is 4.74 Å². The maximum atomic E-state index is 5.52. The zero-order valence-corrected chi connectivity index (χ0v) is 13.1. The molecule has 3 heteroatoms. The number of hydrogen-bond donors (Lipinski definition) is 0. The van der Waals surface area contributed by atoms with Gasteiger partial charge in [0.25, 0.3) is 0 Å². The zero-order valence-electron chi connectivity index (χ0n) is 13.1. The normalized spacial score (nSPS) is 24.1. The number of fused-ring (bicyclic) bond motifs is 1. The molecule has 1 aromatic carbocycles. The van der Waals surface area contributed by atoms with Crippen LogP contribution in [0.1, 0.15) is 24.8 Å². The van der Waals surface area contributed by atoms with Crippen LogP contribution in [0.3, 0.4) is 0 Å². The van der Waals surface area contributed by atoms with Crippen LogP contribution < -0.4 is 0 Å². The highest BCUT2D eigenvalue weighted by Crippen LogP contribution is 2.25. The third-order valence-electron chi connectivity index (χ3n) is 5.24. The molecule has 2 aromatic rings. The summed E-state index contributed by atoms with van der Waals surface area (Å²) in [6.45, 7) is 4.37.